The zero-order valence-electron chi connectivity index (χ0n) is 16.1. The molecule has 27 heavy (non-hydrogen) atoms. The molecule has 0 saturated carbocycles. The molecular formula is C22H26N2O2S. The van der Waals surface area contributed by atoms with E-state index in [1.54, 1.807) is 12.1 Å². The first kappa shape index (κ1) is 19.4. The Morgan fingerprint density at radius 3 is 2.11 bits per heavy atom. The van der Waals surface area contributed by atoms with Crippen molar-refractivity contribution < 1.29 is 8.42 Å². The largest absolute Gasteiger partial charge is 0.269 e. The summed E-state index contributed by atoms with van der Waals surface area (Å²) in [5, 5.41) is 0. The summed E-state index contributed by atoms with van der Waals surface area (Å²) in [5.74, 6) is 0.503. The minimum Gasteiger partial charge on any atom is -0.232 e. The van der Waals surface area contributed by atoms with E-state index in [0.29, 0.717) is 17.1 Å². The normalized spacial score (nSPS) is 11.7. The quantitative estimate of drug-likeness (QED) is 0.578. The molecule has 3 aromatic rings. The van der Waals surface area contributed by atoms with Crippen LogP contribution in [-0.2, 0) is 22.9 Å². The number of benzene rings is 2. The Balaban J connectivity index is 2.29. The molecule has 0 spiro atoms. The highest BCUT2D eigenvalue weighted by Crippen LogP contribution is 2.29. The summed E-state index contributed by atoms with van der Waals surface area (Å²) in [5.41, 5.74) is 3.53. The highest BCUT2D eigenvalue weighted by Gasteiger charge is 2.27. The number of aromatic nitrogens is 2. The summed E-state index contributed by atoms with van der Waals surface area (Å²) in [6.45, 7) is 6.10. The Kier molecular flexibility index (Phi) is 5.80. The lowest BCUT2D eigenvalue weighted by Gasteiger charge is -2.14. The van der Waals surface area contributed by atoms with Gasteiger partial charge in [-0.15, -0.1) is 0 Å². The molecule has 1 heterocycles. The first-order valence-corrected chi connectivity index (χ1v) is 10.9. The maximum Gasteiger partial charge on any atom is 0.269 e. The van der Waals surface area contributed by atoms with Gasteiger partial charge in [0.1, 0.15) is 0 Å². The second-order valence-electron chi connectivity index (χ2n) is 6.78. The molecule has 0 aliphatic rings. The minimum atomic E-state index is -3.73. The summed E-state index contributed by atoms with van der Waals surface area (Å²) in [6, 6.07) is 16.6. The molecule has 0 unspecified atom stereocenters. The zero-order chi connectivity index (χ0) is 19.4. The van der Waals surface area contributed by atoms with Crippen LogP contribution in [0.4, 0.5) is 0 Å². The van der Waals surface area contributed by atoms with Crippen molar-refractivity contribution >= 4 is 10.0 Å². The van der Waals surface area contributed by atoms with Gasteiger partial charge in [-0.1, -0.05) is 74.7 Å². The number of hydrogen-bond donors (Lipinski definition) is 0. The van der Waals surface area contributed by atoms with Gasteiger partial charge in [0.15, 0.2) is 5.82 Å². The fourth-order valence-corrected chi connectivity index (χ4v) is 4.80. The van der Waals surface area contributed by atoms with Crippen molar-refractivity contribution in [2.45, 2.75) is 51.3 Å². The molecule has 1 aromatic heterocycles. The van der Waals surface area contributed by atoms with Crippen LogP contribution < -0.4 is 0 Å². The summed E-state index contributed by atoms with van der Waals surface area (Å²) < 4.78 is 28.6. The molecule has 0 aliphatic carbocycles. The van der Waals surface area contributed by atoms with Crippen LogP contribution in [0, 0.1) is 6.92 Å². The molecule has 3 rings (SSSR count). The van der Waals surface area contributed by atoms with E-state index in [1.807, 2.05) is 49.4 Å². The Bertz CT molecular complexity index is 1000. The Morgan fingerprint density at radius 1 is 0.889 bits per heavy atom. The maximum absolute atomic E-state index is 13.6. The van der Waals surface area contributed by atoms with Crippen molar-refractivity contribution in [1.29, 1.82) is 0 Å². The Hall–Kier alpha value is -2.40. The van der Waals surface area contributed by atoms with E-state index in [0.717, 1.165) is 41.8 Å². The minimum absolute atomic E-state index is 0.295. The van der Waals surface area contributed by atoms with Crippen molar-refractivity contribution in [3.05, 3.63) is 71.5 Å². The monoisotopic (exact) mass is 382 g/mol. The third kappa shape index (κ3) is 3.83. The molecule has 0 radical (unpaired) electrons. The number of hydrogen-bond acceptors (Lipinski definition) is 3. The first-order chi connectivity index (χ1) is 13.0. The average Bonchev–Trinajstić information content (AvgIpc) is 3.03. The van der Waals surface area contributed by atoms with Crippen molar-refractivity contribution in [3.8, 4) is 11.4 Å². The van der Waals surface area contributed by atoms with Gasteiger partial charge in [-0.3, -0.25) is 0 Å². The van der Waals surface area contributed by atoms with E-state index in [1.165, 1.54) is 3.97 Å². The lowest BCUT2D eigenvalue weighted by atomic mass is 10.1. The van der Waals surface area contributed by atoms with E-state index in [2.05, 4.69) is 13.8 Å². The smallest absolute Gasteiger partial charge is 0.232 e. The topological polar surface area (TPSA) is 52.0 Å². The summed E-state index contributed by atoms with van der Waals surface area (Å²) in [4.78, 5) is 5.08. The average molecular weight is 383 g/mol. The van der Waals surface area contributed by atoms with E-state index in [9.17, 15) is 8.42 Å². The van der Waals surface area contributed by atoms with Gasteiger partial charge in [0, 0.05) is 5.56 Å². The molecule has 0 aliphatic heterocycles. The zero-order valence-corrected chi connectivity index (χ0v) is 17.0. The van der Waals surface area contributed by atoms with Crippen molar-refractivity contribution in [1.82, 2.24) is 8.96 Å². The molecular weight excluding hydrogens is 356 g/mol. The SMILES string of the molecule is CCCc1nc(-c2ccccc2)n(S(=O)(=O)c2ccc(C)cc2)c1CCC. The molecule has 0 atom stereocenters. The summed E-state index contributed by atoms with van der Waals surface area (Å²) in [6.07, 6.45) is 3.23. The van der Waals surface area contributed by atoms with Crippen LogP contribution in [-0.4, -0.2) is 17.4 Å². The summed E-state index contributed by atoms with van der Waals surface area (Å²) in [7, 11) is -3.73. The number of imidazole rings is 1. The van der Waals surface area contributed by atoms with Crippen LogP contribution in [0.3, 0.4) is 0 Å². The molecule has 2 aromatic carbocycles. The molecule has 0 amide bonds. The van der Waals surface area contributed by atoms with Crippen LogP contribution in [0.5, 0.6) is 0 Å². The number of rotatable bonds is 7. The lowest BCUT2D eigenvalue weighted by molar-refractivity contribution is 0.585. The van der Waals surface area contributed by atoms with Gasteiger partial charge in [-0.2, -0.15) is 0 Å². The molecule has 0 saturated heterocycles. The molecule has 0 fully saturated rings. The standard InChI is InChI=1S/C22H26N2O2S/c1-4-9-20-21(10-5-2)24(22(23-20)18-11-7-6-8-12-18)27(25,26)19-15-13-17(3)14-16-19/h6-8,11-16H,4-5,9-10H2,1-3H3. The van der Waals surface area contributed by atoms with Gasteiger partial charge in [-0.25, -0.2) is 17.4 Å². The molecule has 0 bridgehead atoms. The summed E-state index contributed by atoms with van der Waals surface area (Å²) >= 11 is 0. The number of aryl methyl sites for hydroxylation is 2. The lowest BCUT2D eigenvalue weighted by Crippen LogP contribution is -2.17. The molecule has 5 heteroatoms. The predicted molar refractivity (Wildman–Crippen MR) is 109 cm³/mol. The highest BCUT2D eigenvalue weighted by atomic mass is 32.2. The third-order valence-electron chi connectivity index (χ3n) is 4.58. The van der Waals surface area contributed by atoms with E-state index in [4.69, 9.17) is 4.98 Å². The van der Waals surface area contributed by atoms with Crippen LogP contribution in [0.15, 0.2) is 59.5 Å². The van der Waals surface area contributed by atoms with Gasteiger partial charge >= 0.3 is 0 Å². The van der Waals surface area contributed by atoms with Gasteiger partial charge in [0.25, 0.3) is 10.0 Å². The second-order valence-corrected chi connectivity index (χ2v) is 8.56. The first-order valence-electron chi connectivity index (χ1n) is 9.47. The highest BCUT2D eigenvalue weighted by molar-refractivity contribution is 7.90. The van der Waals surface area contributed by atoms with Crippen LogP contribution in [0.25, 0.3) is 11.4 Å². The third-order valence-corrected chi connectivity index (χ3v) is 6.32. The van der Waals surface area contributed by atoms with Crippen molar-refractivity contribution in [2.75, 3.05) is 0 Å². The predicted octanol–water partition coefficient (Wildman–Crippen LogP) is 5.00. The molecule has 0 N–H and O–H groups in total. The molecule has 142 valence electrons. The van der Waals surface area contributed by atoms with Crippen LogP contribution in [0.2, 0.25) is 0 Å². The number of nitrogens with zero attached hydrogens (tertiary/aromatic N) is 2. The van der Waals surface area contributed by atoms with Crippen LogP contribution in [0.1, 0.15) is 43.6 Å². The second kappa shape index (κ2) is 8.09. The van der Waals surface area contributed by atoms with Crippen molar-refractivity contribution in [3.63, 3.8) is 0 Å². The van der Waals surface area contributed by atoms with Gasteiger partial charge in [0.05, 0.1) is 16.3 Å². The van der Waals surface area contributed by atoms with E-state index < -0.39 is 10.0 Å². The molecule has 4 nitrogen and oxygen atoms in total. The van der Waals surface area contributed by atoms with Gasteiger partial charge in [-0.05, 0) is 31.9 Å². The van der Waals surface area contributed by atoms with Crippen LogP contribution >= 0.6 is 0 Å². The van der Waals surface area contributed by atoms with E-state index in [-0.39, 0.29) is 0 Å². The van der Waals surface area contributed by atoms with Gasteiger partial charge < -0.3 is 0 Å². The Morgan fingerprint density at radius 2 is 1.52 bits per heavy atom. The van der Waals surface area contributed by atoms with Crippen molar-refractivity contribution in [2.24, 2.45) is 0 Å². The van der Waals surface area contributed by atoms with E-state index >= 15 is 0 Å². The maximum atomic E-state index is 13.6. The fourth-order valence-electron chi connectivity index (χ4n) is 3.25. The van der Waals surface area contributed by atoms with Gasteiger partial charge in [0.2, 0.25) is 0 Å². The fraction of sp³-hybridized carbons (Fsp3) is 0.318. The Labute approximate surface area is 161 Å².